The second-order valence-corrected chi connectivity index (χ2v) is 7.76. The summed E-state index contributed by atoms with van der Waals surface area (Å²) in [6.45, 7) is 7.13. The number of rotatable bonds is 4. The summed E-state index contributed by atoms with van der Waals surface area (Å²) in [6, 6.07) is 6.24. The van der Waals surface area contributed by atoms with Crippen LogP contribution in [0.2, 0.25) is 0 Å². The maximum atomic E-state index is 12.7. The van der Waals surface area contributed by atoms with E-state index >= 15 is 0 Å². The number of nitrogens with one attached hydrogen (secondary N) is 2. The first-order valence-electron chi connectivity index (χ1n) is 9.27. The summed E-state index contributed by atoms with van der Waals surface area (Å²) in [5.41, 5.74) is 1.17. The van der Waals surface area contributed by atoms with Crippen molar-refractivity contribution in [3.63, 3.8) is 0 Å². The van der Waals surface area contributed by atoms with Crippen LogP contribution in [0, 0.1) is 0 Å². The lowest BCUT2D eigenvalue weighted by molar-refractivity contribution is -0.130. The molecule has 0 saturated carbocycles. The van der Waals surface area contributed by atoms with E-state index in [4.69, 9.17) is 4.74 Å². The fraction of sp³-hybridized carbons (Fsp3) is 0.550. The Morgan fingerprint density at radius 3 is 2.63 bits per heavy atom. The van der Waals surface area contributed by atoms with E-state index in [0.29, 0.717) is 19.3 Å². The van der Waals surface area contributed by atoms with E-state index in [-0.39, 0.29) is 11.8 Å². The van der Waals surface area contributed by atoms with Gasteiger partial charge in [-0.25, -0.2) is 4.79 Å². The number of nitrogens with zero attached hydrogens (tertiary/aromatic N) is 1. The fourth-order valence-electron chi connectivity index (χ4n) is 3.01. The normalized spacial score (nSPS) is 17.8. The average molecular weight is 375 g/mol. The van der Waals surface area contributed by atoms with E-state index in [2.05, 4.69) is 10.6 Å². The van der Waals surface area contributed by atoms with E-state index < -0.39 is 23.8 Å². The lowest BCUT2D eigenvalue weighted by atomic mass is 10.1. The number of ether oxygens (including phenoxy) is 1. The van der Waals surface area contributed by atoms with Crippen molar-refractivity contribution in [2.24, 2.45) is 0 Å². The minimum atomic E-state index is -0.710. The van der Waals surface area contributed by atoms with E-state index in [1.807, 2.05) is 31.2 Å². The number of fused-ring (bicyclic) bond motifs is 1. The molecule has 0 bridgehead atoms. The first-order valence-corrected chi connectivity index (χ1v) is 9.27. The number of amides is 3. The van der Waals surface area contributed by atoms with Crippen molar-refractivity contribution in [3.8, 4) is 0 Å². The summed E-state index contributed by atoms with van der Waals surface area (Å²) >= 11 is 0. The molecule has 0 unspecified atom stereocenters. The summed E-state index contributed by atoms with van der Waals surface area (Å²) in [5.74, 6) is -0.611. The molecule has 148 valence electrons. The second-order valence-electron chi connectivity index (χ2n) is 7.76. The molecular formula is C20H29N3O4. The van der Waals surface area contributed by atoms with Crippen LogP contribution in [0.1, 0.15) is 46.1 Å². The molecule has 1 aromatic carbocycles. The number of hydrogen-bond donors (Lipinski definition) is 2. The smallest absolute Gasteiger partial charge is 0.410 e. The minimum absolute atomic E-state index is 0.247. The van der Waals surface area contributed by atoms with Gasteiger partial charge < -0.3 is 15.4 Å². The predicted molar refractivity (Wildman–Crippen MR) is 103 cm³/mol. The third kappa shape index (κ3) is 5.45. The molecule has 2 N–H and O–H groups in total. The van der Waals surface area contributed by atoms with Crippen LogP contribution in [0.5, 0.6) is 0 Å². The van der Waals surface area contributed by atoms with E-state index in [0.717, 1.165) is 11.3 Å². The van der Waals surface area contributed by atoms with Crippen LogP contribution in [0.4, 0.5) is 10.5 Å². The molecule has 1 aliphatic heterocycles. The summed E-state index contributed by atoms with van der Waals surface area (Å²) in [4.78, 5) is 38.8. The molecule has 3 amide bonds. The minimum Gasteiger partial charge on any atom is -0.444 e. The molecule has 1 heterocycles. The van der Waals surface area contributed by atoms with Crippen LogP contribution >= 0.6 is 0 Å². The SMILES string of the molecule is CC[C@@H](C(=O)N[C@H]1CCc2ccccc2NC1=O)N(C)C(=O)OC(C)(C)C. The molecule has 7 nitrogen and oxygen atoms in total. The maximum Gasteiger partial charge on any atom is 0.410 e. The molecule has 27 heavy (non-hydrogen) atoms. The molecule has 2 rings (SSSR count). The van der Waals surface area contributed by atoms with Gasteiger partial charge in [0.15, 0.2) is 0 Å². The van der Waals surface area contributed by atoms with Gasteiger partial charge in [-0.3, -0.25) is 14.5 Å². The number of carbonyl (C=O) groups excluding carboxylic acids is 3. The third-order valence-corrected chi connectivity index (χ3v) is 4.45. The molecule has 1 aromatic rings. The number of anilines is 1. The second kappa shape index (κ2) is 8.41. The van der Waals surface area contributed by atoms with Gasteiger partial charge in [0.05, 0.1) is 0 Å². The zero-order chi connectivity index (χ0) is 20.2. The molecule has 0 aromatic heterocycles. The average Bonchev–Trinajstić information content (AvgIpc) is 2.73. The molecule has 0 aliphatic carbocycles. The first kappa shape index (κ1) is 20.7. The van der Waals surface area contributed by atoms with E-state index in [1.54, 1.807) is 20.8 Å². The molecule has 0 spiro atoms. The highest BCUT2D eigenvalue weighted by Crippen LogP contribution is 2.22. The number of para-hydroxylation sites is 1. The van der Waals surface area contributed by atoms with Gasteiger partial charge in [-0.05, 0) is 51.7 Å². The summed E-state index contributed by atoms with van der Waals surface area (Å²) < 4.78 is 5.33. The molecular weight excluding hydrogens is 346 g/mol. The Morgan fingerprint density at radius 2 is 2.00 bits per heavy atom. The van der Waals surface area contributed by atoms with Crippen molar-refractivity contribution in [1.29, 1.82) is 0 Å². The Morgan fingerprint density at radius 1 is 1.33 bits per heavy atom. The maximum absolute atomic E-state index is 12.7. The number of carbonyl (C=O) groups is 3. The Balaban J connectivity index is 2.04. The van der Waals surface area contributed by atoms with Crippen LogP contribution in [0.15, 0.2) is 24.3 Å². The Hall–Kier alpha value is -2.57. The summed E-state index contributed by atoms with van der Waals surface area (Å²) in [6.07, 6.45) is 1.03. The highest BCUT2D eigenvalue weighted by Gasteiger charge is 2.32. The highest BCUT2D eigenvalue weighted by atomic mass is 16.6. The monoisotopic (exact) mass is 375 g/mol. The quantitative estimate of drug-likeness (QED) is 0.847. The number of hydrogen-bond acceptors (Lipinski definition) is 4. The first-order chi connectivity index (χ1) is 12.6. The molecule has 0 radical (unpaired) electrons. The van der Waals surface area contributed by atoms with Crippen molar-refractivity contribution in [2.45, 2.75) is 64.6 Å². The van der Waals surface area contributed by atoms with Gasteiger partial charge in [0.25, 0.3) is 0 Å². The number of likely N-dealkylation sites (N-methyl/N-ethyl adjacent to an activating group) is 1. The van der Waals surface area contributed by atoms with Crippen LogP contribution in [0.25, 0.3) is 0 Å². The molecule has 0 fully saturated rings. The van der Waals surface area contributed by atoms with E-state index in [9.17, 15) is 14.4 Å². The van der Waals surface area contributed by atoms with Crippen molar-refractivity contribution in [3.05, 3.63) is 29.8 Å². The molecule has 2 atom stereocenters. The van der Waals surface area contributed by atoms with Gasteiger partial charge in [0.1, 0.15) is 17.7 Å². The summed E-state index contributed by atoms with van der Waals surface area (Å²) in [7, 11) is 1.53. The lowest BCUT2D eigenvalue weighted by Crippen LogP contribution is -2.53. The highest BCUT2D eigenvalue weighted by molar-refractivity contribution is 5.99. The van der Waals surface area contributed by atoms with Crippen LogP contribution < -0.4 is 10.6 Å². The zero-order valence-electron chi connectivity index (χ0n) is 16.7. The van der Waals surface area contributed by atoms with Crippen molar-refractivity contribution in [1.82, 2.24) is 10.2 Å². The fourth-order valence-corrected chi connectivity index (χ4v) is 3.01. The Bertz CT molecular complexity index is 711. The van der Waals surface area contributed by atoms with Gasteiger partial charge in [-0.2, -0.15) is 0 Å². The van der Waals surface area contributed by atoms with Crippen LogP contribution in [0.3, 0.4) is 0 Å². The number of aryl methyl sites for hydroxylation is 1. The van der Waals surface area contributed by atoms with Gasteiger partial charge >= 0.3 is 6.09 Å². The van der Waals surface area contributed by atoms with Gasteiger partial charge in [-0.15, -0.1) is 0 Å². The Kier molecular flexibility index (Phi) is 6.46. The van der Waals surface area contributed by atoms with Gasteiger partial charge in [0.2, 0.25) is 11.8 Å². The largest absolute Gasteiger partial charge is 0.444 e. The van der Waals surface area contributed by atoms with Crippen LogP contribution in [-0.4, -0.2) is 47.5 Å². The molecule has 0 saturated heterocycles. The third-order valence-electron chi connectivity index (χ3n) is 4.45. The zero-order valence-corrected chi connectivity index (χ0v) is 16.7. The van der Waals surface area contributed by atoms with E-state index in [1.165, 1.54) is 11.9 Å². The van der Waals surface area contributed by atoms with Crippen molar-refractivity contribution in [2.75, 3.05) is 12.4 Å². The standard InChI is InChI=1S/C20H29N3O4/c1-6-16(23(5)19(26)27-20(2,3)4)18(25)22-15-12-11-13-9-7-8-10-14(13)21-17(15)24/h7-10,15-16H,6,11-12H2,1-5H3,(H,21,24)(H,22,25)/t15-,16-/m0/s1. The molecule has 7 heteroatoms. The topological polar surface area (TPSA) is 87.7 Å². The van der Waals surface area contributed by atoms with Gasteiger partial charge in [0, 0.05) is 12.7 Å². The lowest BCUT2D eigenvalue weighted by Gasteiger charge is -2.30. The van der Waals surface area contributed by atoms with Crippen molar-refractivity contribution >= 4 is 23.6 Å². The predicted octanol–water partition coefficient (Wildman–Crippen LogP) is 2.70. The summed E-state index contributed by atoms with van der Waals surface area (Å²) in [5, 5.41) is 5.65. The van der Waals surface area contributed by atoms with Gasteiger partial charge in [-0.1, -0.05) is 25.1 Å². The Labute approximate surface area is 160 Å². The number of benzene rings is 1. The molecule has 1 aliphatic rings. The van der Waals surface area contributed by atoms with Crippen molar-refractivity contribution < 1.29 is 19.1 Å². The van der Waals surface area contributed by atoms with Crippen LogP contribution in [-0.2, 0) is 20.7 Å².